The van der Waals surface area contributed by atoms with Crippen LogP contribution < -0.4 is 5.73 Å². The lowest BCUT2D eigenvalue weighted by atomic mass is 10.2. The lowest BCUT2D eigenvalue weighted by molar-refractivity contribution is 0.785. The van der Waals surface area contributed by atoms with Crippen LogP contribution in [0.5, 0.6) is 0 Å². The molecule has 20 heavy (non-hydrogen) atoms. The zero-order valence-electron chi connectivity index (χ0n) is 11.6. The highest BCUT2D eigenvalue weighted by atomic mass is 15.0. The van der Waals surface area contributed by atoms with Crippen molar-refractivity contribution < 1.29 is 0 Å². The predicted octanol–water partition coefficient (Wildman–Crippen LogP) is 2.29. The minimum Gasteiger partial charge on any atom is -0.330 e. The molecule has 102 valence electrons. The van der Waals surface area contributed by atoms with Gasteiger partial charge in [-0.05, 0) is 49.2 Å². The number of hydrogen-bond acceptors (Lipinski definition) is 3. The van der Waals surface area contributed by atoms with Crippen molar-refractivity contribution >= 4 is 11.0 Å². The van der Waals surface area contributed by atoms with Crippen molar-refractivity contribution in [1.82, 2.24) is 14.5 Å². The lowest BCUT2D eigenvalue weighted by Crippen LogP contribution is -2.04. The summed E-state index contributed by atoms with van der Waals surface area (Å²) in [4.78, 5) is 8.97. The number of aryl methyl sites for hydroxylation is 1. The maximum absolute atomic E-state index is 5.70. The molecule has 3 heterocycles. The zero-order valence-corrected chi connectivity index (χ0v) is 11.6. The van der Waals surface area contributed by atoms with Crippen LogP contribution in [0.3, 0.4) is 0 Å². The van der Waals surface area contributed by atoms with Crippen molar-refractivity contribution in [3.8, 4) is 0 Å². The lowest BCUT2D eigenvalue weighted by Gasteiger charge is -2.06. The van der Waals surface area contributed by atoms with E-state index in [-0.39, 0.29) is 0 Å². The molecule has 0 aliphatic carbocycles. The molecule has 2 N–H and O–H groups in total. The molecule has 0 unspecified atom stereocenters. The molecule has 4 nitrogen and oxygen atoms in total. The molecule has 3 aromatic heterocycles. The molecule has 0 aromatic carbocycles. The molecule has 0 radical (unpaired) electrons. The van der Waals surface area contributed by atoms with Gasteiger partial charge in [-0.2, -0.15) is 0 Å². The van der Waals surface area contributed by atoms with Gasteiger partial charge in [0.15, 0.2) is 0 Å². The third kappa shape index (κ3) is 2.30. The van der Waals surface area contributed by atoms with Crippen LogP contribution in [0.25, 0.3) is 11.0 Å². The van der Waals surface area contributed by atoms with Gasteiger partial charge in [-0.1, -0.05) is 6.07 Å². The first-order valence-corrected chi connectivity index (χ1v) is 6.83. The summed E-state index contributed by atoms with van der Waals surface area (Å²) in [6.45, 7) is 3.48. The first kappa shape index (κ1) is 12.8. The van der Waals surface area contributed by atoms with Gasteiger partial charge in [0.1, 0.15) is 5.65 Å². The maximum atomic E-state index is 5.70. The van der Waals surface area contributed by atoms with Crippen molar-refractivity contribution in [3.05, 3.63) is 59.7 Å². The Labute approximate surface area is 118 Å². The molecule has 0 saturated carbocycles. The van der Waals surface area contributed by atoms with E-state index in [2.05, 4.69) is 39.8 Å². The van der Waals surface area contributed by atoms with Crippen LogP contribution in [0.15, 0.2) is 42.9 Å². The fourth-order valence-corrected chi connectivity index (χ4v) is 2.52. The number of nitrogens with zero attached hydrogens (tertiary/aromatic N) is 3. The van der Waals surface area contributed by atoms with Gasteiger partial charge in [-0.15, -0.1) is 0 Å². The van der Waals surface area contributed by atoms with E-state index in [1.54, 1.807) is 0 Å². The molecule has 3 aromatic rings. The highest BCUT2D eigenvalue weighted by Crippen LogP contribution is 2.21. The van der Waals surface area contributed by atoms with Crippen molar-refractivity contribution in [2.45, 2.75) is 19.9 Å². The van der Waals surface area contributed by atoms with Crippen LogP contribution in [0.1, 0.15) is 16.8 Å². The maximum Gasteiger partial charge on any atom is 0.140 e. The van der Waals surface area contributed by atoms with Crippen LogP contribution in [0.4, 0.5) is 0 Å². The second kappa shape index (κ2) is 5.43. The Hall–Kier alpha value is -2.20. The molecular weight excluding hydrogens is 248 g/mol. The first-order chi connectivity index (χ1) is 9.79. The van der Waals surface area contributed by atoms with E-state index in [0.29, 0.717) is 6.54 Å². The van der Waals surface area contributed by atoms with Gasteiger partial charge in [0.05, 0.1) is 12.2 Å². The zero-order chi connectivity index (χ0) is 13.9. The fraction of sp³-hybridized carbons (Fsp3) is 0.250. The third-order valence-electron chi connectivity index (χ3n) is 3.57. The average Bonchev–Trinajstić information content (AvgIpc) is 2.81. The van der Waals surface area contributed by atoms with Crippen LogP contribution in [-0.2, 0) is 13.0 Å². The normalized spacial score (nSPS) is 11.1. The number of pyridine rings is 2. The Morgan fingerprint density at radius 3 is 2.75 bits per heavy atom. The standard InChI is InChI=1S/C16H18N4/c1-12-4-2-8-18-15(12)11-20-10-13(6-7-17)14-5-3-9-19-16(14)20/h2-5,8-10H,6-7,11,17H2,1H3. The van der Waals surface area contributed by atoms with Gasteiger partial charge >= 0.3 is 0 Å². The van der Waals surface area contributed by atoms with Crippen molar-refractivity contribution in [2.24, 2.45) is 5.73 Å². The van der Waals surface area contributed by atoms with E-state index in [1.165, 1.54) is 16.5 Å². The molecule has 0 amide bonds. The monoisotopic (exact) mass is 266 g/mol. The molecule has 0 spiro atoms. The Bertz CT molecular complexity index is 730. The SMILES string of the molecule is Cc1cccnc1Cn1cc(CCN)c2cccnc21. The summed E-state index contributed by atoms with van der Waals surface area (Å²) in [5.74, 6) is 0. The van der Waals surface area contributed by atoms with E-state index in [0.717, 1.165) is 24.3 Å². The molecule has 4 heteroatoms. The quantitative estimate of drug-likeness (QED) is 0.788. The highest BCUT2D eigenvalue weighted by Gasteiger charge is 2.10. The van der Waals surface area contributed by atoms with Crippen LogP contribution in [-0.4, -0.2) is 21.1 Å². The number of nitrogens with two attached hydrogens (primary N) is 1. The fourth-order valence-electron chi connectivity index (χ4n) is 2.52. The summed E-state index contributed by atoms with van der Waals surface area (Å²) in [7, 11) is 0. The second-order valence-corrected chi connectivity index (χ2v) is 4.96. The highest BCUT2D eigenvalue weighted by molar-refractivity contribution is 5.80. The Balaban J connectivity index is 2.05. The largest absolute Gasteiger partial charge is 0.330 e. The number of rotatable bonds is 4. The molecule has 0 aliphatic heterocycles. The van der Waals surface area contributed by atoms with Gasteiger partial charge in [0.2, 0.25) is 0 Å². The number of aromatic nitrogens is 3. The summed E-state index contributed by atoms with van der Waals surface area (Å²) >= 11 is 0. The van der Waals surface area contributed by atoms with Crippen LogP contribution in [0, 0.1) is 6.92 Å². The van der Waals surface area contributed by atoms with Gasteiger partial charge in [-0.25, -0.2) is 4.98 Å². The Kier molecular flexibility index (Phi) is 3.48. The summed E-state index contributed by atoms with van der Waals surface area (Å²) in [5.41, 5.74) is 10.2. The topological polar surface area (TPSA) is 56.7 Å². The Morgan fingerprint density at radius 1 is 1.15 bits per heavy atom. The second-order valence-electron chi connectivity index (χ2n) is 4.96. The smallest absolute Gasteiger partial charge is 0.140 e. The number of fused-ring (bicyclic) bond motifs is 1. The van der Waals surface area contributed by atoms with E-state index < -0.39 is 0 Å². The van der Waals surface area contributed by atoms with Crippen LogP contribution in [0.2, 0.25) is 0 Å². The molecule has 3 rings (SSSR count). The number of hydrogen-bond donors (Lipinski definition) is 1. The van der Waals surface area contributed by atoms with E-state index in [1.807, 2.05) is 24.5 Å². The Morgan fingerprint density at radius 2 is 1.95 bits per heavy atom. The molecule has 0 aliphatic rings. The first-order valence-electron chi connectivity index (χ1n) is 6.83. The van der Waals surface area contributed by atoms with E-state index in [4.69, 9.17) is 5.73 Å². The summed E-state index contributed by atoms with van der Waals surface area (Å²) in [6.07, 6.45) is 6.69. The van der Waals surface area contributed by atoms with Crippen molar-refractivity contribution in [3.63, 3.8) is 0 Å². The molecule has 0 fully saturated rings. The predicted molar refractivity (Wildman–Crippen MR) is 80.6 cm³/mol. The van der Waals surface area contributed by atoms with E-state index in [9.17, 15) is 0 Å². The summed E-state index contributed by atoms with van der Waals surface area (Å²) in [5, 5.41) is 1.19. The van der Waals surface area contributed by atoms with Crippen molar-refractivity contribution in [2.75, 3.05) is 6.54 Å². The minimum absolute atomic E-state index is 0.649. The summed E-state index contributed by atoms with van der Waals surface area (Å²) < 4.78 is 2.16. The van der Waals surface area contributed by atoms with E-state index >= 15 is 0 Å². The molecule has 0 bridgehead atoms. The van der Waals surface area contributed by atoms with Gasteiger partial charge in [-0.3, -0.25) is 4.98 Å². The summed E-state index contributed by atoms with van der Waals surface area (Å²) in [6, 6.07) is 8.13. The van der Waals surface area contributed by atoms with Gasteiger partial charge in [0.25, 0.3) is 0 Å². The van der Waals surface area contributed by atoms with Gasteiger partial charge in [0, 0.05) is 24.0 Å². The average molecular weight is 266 g/mol. The minimum atomic E-state index is 0.649. The van der Waals surface area contributed by atoms with Crippen molar-refractivity contribution in [1.29, 1.82) is 0 Å². The van der Waals surface area contributed by atoms with Crippen LogP contribution >= 0.6 is 0 Å². The molecular formula is C16H18N4. The molecule has 0 atom stereocenters. The third-order valence-corrected chi connectivity index (χ3v) is 3.57. The van der Waals surface area contributed by atoms with Gasteiger partial charge < -0.3 is 10.3 Å². The molecule has 0 saturated heterocycles.